The van der Waals surface area contributed by atoms with Crippen molar-refractivity contribution in [2.24, 2.45) is 22.6 Å². The number of nitrogens with two attached hydrogens (primary N) is 1. The minimum absolute atomic E-state index is 0.00782. The van der Waals surface area contributed by atoms with Gasteiger partial charge in [-0.15, -0.1) is 0 Å². The third-order valence-corrected chi connectivity index (χ3v) is 9.42. The molecule has 3 aliphatic heterocycles. The van der Waals surface area contributed by atoms with Crippen LogP contribution in [0.15, 0.2) is 28.1 Å². The van der Waals surface area contributed by atoms with Gasteiger partial charge in [-0.05, 0) is 67.7 Å². The summed E-state index contributed by atoms with van der Waals surface area (Å²) >= 11 is 0. The van der Waals surface area contributed by atoms with Gasteiger partial charge in [0, 0.05) is 32.7 Å². The molecule has 1 aromatic rings. The lowest BCUT2D eigenvalue weighted by Crippen LogP contribution is -2.47. The molecule has 0 aliphatic carbocycles. The number of hydrogen-bond acceptors (Lipinski definition) is 6. The Hall–Kier alpha value is -2.67. The average Bonchev–Trinajstić information content (AvgIpc) is 3.04. The van der Waals surface area contributed by atoms with E-state index < -0.39 is 27.6 Å². The molecule has 1 saturated heterocycles. The molecule has 2 amide bonds. The van der Waals surface area contributed by atoms with Crippen molar-refractivity contribution >= 4 is 27.8 Å². The van der Waals surface area contributed by atoms with Crippen LogP contribution in [-0.4, -0.2) is 78.2 Å². The number of sulfonamides is 1. The van der Waals surface area contributed by atoms with Gasteiger partial charge in [-0.1, -0.05) is 19.9 Å². The van der Waals surface area contributed by atoms with E-state index in [-0.39, 0.29) is 61.2 Å². The predicted octanol–water partition coefficient (Wildman–Crippen LogP) is 2.50. The van der Waals surface area contributed by atoms with Crippen LogP contribution in [0.25, 0.3) is 0 Å². The summed E-state index contributed by atoms with van der Waals surface area (Å²) in [5.74, 6) is -1.55. The average molecular weight is 558 g/mol. The molecule has 3 heterocycles. The van der Waals surface area contributed by atoms with Crippen molar-refractivity contribution < 1.29 is 31.2 Å². The highest BCUT2D eigenvalue weighted by molar-refractivity contribution is 7.89. The Morgan fingerprint density at radius 1 is 1.18 bits per heavy atom. The molecule has 1 atom stereocenters. The van der Waals surface area contributed by atoms with Crippen molar-refractivity contribution in [1.82, 2.24) is 14.1 Å². The van der Waals surface area contributed by atoms with Crippen molar-refractivity contribution in [1.29, 1.82) is 0 Å². The van der Waals surface area contributed by atoms with E-state index in [1.807, 2.05) is 13.8 Å². The van der Waals surface area contributed by atoms with Gasteiger partial charge >= 0.3 is 12.1 Å². The van der Waals surface area contributed by atoms with Gasteiger partial charge in [-0.25, -0.2) is 13.4 Å². The summed E-state index contributed by atoms with van der Waals surface area (Å²) in [5.41, 5.74) is 6.33. The van der Waals surface area contributed by atoms with Crippen molar-refractivity contribution in [2.45, 2.75) is 69.6 Å². The first-order valence-electron chi connectivity index (χ1n) is 12.8. The van der Waals surface area contributed by atoms with Gasteiger partial charge in [0.25, 0.3) is 5.91 Å². The summed E-state index contributed by atoms with van der Waals surface area (Å²) in [6, 6.07) is 4.46. The molecule has 3 aliphatic rings. The molecule has 0 spiro atoms. The third kappa shape index (κ3) is 5.54. The van der Waals surface area contributed by atoms with Crippen LogP contribution in [0.5, 0.6) is 0 Å². The van der Waals surface area contributed by atoms with Crippen LogP contribution in [0.1, 0.15) is 51.2 Å². The first-order valence-corrected chi connectivity index (χ1v) is 14.2. The van der Waals surface area contributed by atoms with E-state index in [9.17, 15) is 31.2 Å². The van der Waals surface area contributed by atoms with Crippen LogP contribution >= 0.6 is 0 Å². The van der Waals surface area contributed by atoms with Gasteiger partial charge in [0.05, 0.1) is 4.90 Å². The number of carbonyl (C=O) groups is 2. The highest BCUT2D eigenvalue weighted by atomic mass is 32.2. The molecule has 9 nitrogen and oxygen atoms in total. The second kappa shape index (κ2) is 10.1. The Morgan fingerprint density at radius 2 is 1.84 bits per heavy atom. The van der Waals surface area contributed by atoms with Gasteiger partial charge in [-0.3, -0.25) is 14.5 Å². The van der Waals surface area contributed by atoms with Crippen molar-refractivity contribution in [2.75, 3.05) is 26.2 Å². The van der Waals surface area contributed by atoms with E-state index in [4.69, 9.17) is 5.73 Å². The molecule has 13 heteroatoms. The summed E-state index contributed by atoms with van der Waals surface area (Å²) in [7, 11) is -3.89. The zero-order valence-electron chi connectivity index (χ0n) is 21.8. The Kier molecular flexibility index (Phi) is 7.56. The van der Waals surface area contributed by atoms with E-state index in [0.29, 0.717) is 36.3 Å². The molecule has 1 unspecified atom stereocenters. The molecule has 0 saturated carbocycles. The zero-order chi connectivity index (χ0) is 28.0. The number of hydrogen-bond donors (Lipinski definition) is 1. The predicted molar refractivity (Wildman–Crippen MR) is 134 cm³/mol. The molecular formula is C25H34F3N5O4S. The second-order valence-corrected chi connectivity index (χ2v) is 12.9. The number of benzene rings is 1. The minimum atomic E-state index is -4.98. The van der Waals surface area contributed by atoms with Crippen LogP contribution in [0.4, 0.5) is 13.2 Å². The molecule has 1 fully saturated rings. The molecule has 38 heavy (non-hydrogen) atoms. The third-order valence-electron chi connectivity index (χ3n) is 7.52. The quantitative estimate of drug-likeness (QED) is 0.577. The second-order valence-electron chi connectivity index (χ2n) is 11.0. The number of alkyl halides is 3. The molecular weight excluding hydrogens is 523 g/mol. The molecule has 4 rings (SSSR count). The molecule has 0 aromatic heterocycles. The molecule has 0 radical (unpaired) electrons. The Labute approximate surface area is 220 Å². The zero-order valence-corrected chi connectivity index (χ0v) is 22.6. The topological polar surface area (TPSA) is 116 Å². The van der Waals surface area contributed by atoms with E-state index in [1.165, 1.54) is 21.3 Å². The molecule has 210 valence electrons. The summed E-state index contributed by atoms with van der Waals surface area (Å²) < 4.78 is 66.7. The van der Waals surface area contributed by atoms with Gasteiger partial charge in [0.2, 0.25) is 10.0 Å². The number of carbonyl (C=O) groups excluding carboxylic acids is 2. The number of fused-ring (bicyclic) bond motifs is 1. The van der Waals surface area contributed by atoms with E-state index in [0.717, 1.165) is 5.56 Å². The van der Waals surface area contributed by atoms with E-state index >= 15 is 0 Å². The number of amides is 2. The largest absolute Gasteiger partial charge is 0.471 e. The van der Waals surface area contributed by atoms with Crippen LogP contribution in [0.2, 0.25) is 0 Å². The van der Waals surface area contributed by atoms with Crippen LogP contribution in [-0.2, 0) is 32.6 Å². The smallest absolute Gasteiger partial charge is 0.369 e. The highest BCUT2D eigenvalue weighted by Gasteiger charge is 2.45. The first-order chi connectivity index (χ1) is 17.6. The molecule has 2 N–H and O–H groups in total. The Morgan fingerprint density at radius 3 is 2.45 bits per heavy atom. The number of guanidine groups is 1. The fourth-order valence-corrected chi connectivity index (χ4v) is 7.17. The standard InChI is InChI=1S/C25H34F3N5O4S/c1-16(2)13-24(3)21(34)33(23(29)30-24)14-17-6-10-32(11-7-17)38(36,37)20-5-4-18-8-9-31(15-19(18)12-20)22(35)25(26,27)28/h4-5,12,16-17H,6-11,13-15H2,1-3H3,(H2,29,30). The fourth-order valence-electron chi connectivity index (χ4n) is 5.65. The number of halogens is 3. The lowest BCUT2D eigenvalue weighted by molar-refractivity contribution is -0.186. The van der Waals surface area contributed by atoms with Gasteiger partial charge < -0.3 is 10.6 Å². The first kappa shape index (κ1) is 28.3. The molecule has 0 bridgehead atoms. The van der Waals surface area contributed by atoms with Crippen LogP contribution in [0.3, 0.4) is 0 Å². The number of piperidine rings is 1. The Bertz CT molecular complexity index is 1240. The maximum Gasteiger partial charge on any atom is 0.471 e. The van der Waals surface area contributed by atoms with Crippen molar-refractivity contribution in [3.05, 3.63) is 29.3 Å². The summed E-state index contributed by atoms with van der Waals surface area (Å²) in [4.78, 5) is 31.3. The molecule has 1 aromatic carbocycles. The van der Waals surface area contributed by atoms with Gasteiger partial charge in [-0.2, -0.15) is 17.5 Å². The monoisotopic (exact) mass is 557 g/mol. The summed E-state index contributed by atoms with van der Waals surface area (Å²) in [5, 5.41) is 0. The van der Waals surface area contributed by atoms with E-state index in [2.05, 4.69) is 4.99 Å². The lowest BCUT2D eigenvalue weighted by Gasteiger charge is -2.34. The van der Waals surface area contributed by atoms with Crippen molar-refractivity contribution in [3.8, 4) is 0 Å². The summed E-state index contributed by atoms with van der Waals surface area (Å²) in [6.07, 6.45) is -3.12. The maximum absolute atomic E-state index is 13.4. The highest BCUT2D eigenvalue weighted by Crippen LogP contribution is 2.32. The Balaban J connectivity index is 1.40. The van der Waals surface area contributed by atoms with Crippen LogP contribution < -0.4 is 5.73 Å². The van der Waals surface area contributed by atoms with Crippen molar-refractivity contribution in [3.63, 3.8) is 0 Å². The number of nitrogens with zero attached hydrogens (tertiary/aromatic N) is 4. The maximum atomic E-state index is 13.4. The fraction of sp³-hybridized carbons (Fsp3) is 0.640. The van der Waals surface area contributed by atoms with Gasteiger partial charge in [0.1, 0.15) is 5.54 Å². The number of aliphatic imine (C=N–C) groups is 1. The normalized spacial score (nSPS) is 23.7. The SMILES string of the molecule is CC(C)CC1(C)N=C(N)N(CC2CCN(S(=O)(=O)c3ccc4c(c3)CN(C(=O)C(F)(F)F)CC4)CC2)C1=O. The number of rotatable bonds is 6. The van der Waals surface area contributed by atoms with E-state index in [1.54, 1.807) is 13.0 Å². The summed E-state index contributed by atoms with van der Waals surface area (Å²) in [6.45, 7) is 6.31. The minimum Gasteiger partial charge on any atom is -0.369 e. The van der Waals surface area contributed by atoms with Crippen LogP contribution in [0, 0.1) is 11.8 Å². The lowest BCUT2D eigenvalue weighted by atomic mass is 9.90. The van der Waals surface area contributed by atoms with Gasteiger partial charge in [0.15, 0.2) is 5.96 Å².